The van der Waals surface area contributed by atoms with E-state index in [1.807, 2.05) is 56.0 Å². The van der Waals surface area contributed by atoms with Crippen LogP contribution in [0.1, 0.15) is 12.5 Å². The molecule has 0 bridgehead atoms. The minimum atomic E-state index is 0.459. The predicted molar refractivity (Wildman–Crippen MR) is 97.8 cm³/mol. The van der Waals surface area contributed by atoms with Gasteiger partial charge in [0.1, 0.15) is 0 Å². The largest absolute Gasteiger partial charge is 0.355 e. The van der Waals surface area contributed by atoms with Crippen molar-refractivity contribution in [2.45, 2.75) is 23.6 Å². The molecule has 1 atom stereocenters. The summed E-state index contributed by atoms with van der Waals surface area (Å²) in [7, 11) is 5.79. The van der Waals surface area contributed by atoms with Crippen LogP contribution in [0.2, 0.25) is 0 Å². The van der Waals surface area contributed by atoms with Gasteiger partial charge >= 0.3 is 0 Å². The number of hydrogen-bond donors (Lipinski definition) is 1. The van der Waals surface area contributed by atoms with Crippen LogP contribution in [0.5, 0.6) is 0 Å². The average molecular weight is 331 g/mol. The molecule has 0 amide bonds. The van der Waals surface area contributed by atoms with Crippen molar-refractivity contribution in [2.75, 3.05) is 20.6 Å². The molecule has 2 aromatic rings. The van der Waals surface area contributed by atoms with Gasteiger partial charge in [-0.25, -0.2) is 0 Å². The highest BCUT2D eigenvalue weighted by Gasteiger charge is 2.10. The molecule has 0 aliphatic rings. The van der Waals surface area contributed by atoms with E-state index in [1.54, 1.807) is 0 Å². The molecule has 1 N–H and O–H groups in total. The Kier molecular flexibility index (Phi) is 6.52. The second-order valence-electron chi connectivity index (χ2n) is 5.55. The smallest absolute Gasteiger partial charge is 0.193 e. The van der Waals surface area contributed by atoms with Gasteiger partial charge in [0.25, 0.3) is 0 Å². The lowest BCUT2D eigenvalue weighted by molar-refractivity contribution is 0.477. The number of guanidine groups is 1. The second kappa shape index (κ2) is 8.62. The van der Waals surface area contributed by atoms with Crippen molar-refractivity contribution < 1.29 is 0 Å². The zero-order valence-electron chi connectivity index (χ0n) is 14.2. The Morgan fingerprint density at radius 1 is 1.39 bits per heavy atom. The van der Waals surface area contributed by atoms with Crippen molar-refractivity contribution in [3.8, 4) is 0 Å². The Morgan fingerprint density at radius 2 is 2.13 bits per heavy atom. The van der Waals surface area contributed by atoms with E-state index in [2.05, 4.69) is 51.5 Å². The minimum Gasteiger partial charge on any atom is -0.355 e. The summed E-state index contributed by atoms with van der Waals surface area (Å²) in [6.45, 7) is 3.87. The van der Waals surface area contributed by atoms with Crippen molar-refractivity contribution in [1.29, 1.82) is 0 Å². The number of hydrogen-bond acceptors (Lipinski definition) is 3. The Labute approximate surface area is 142 Å². The highest BCUT2D eigenvalue weighted by Crippen LogP contribution is 2.21. The minimum absolute atomic E-state index is 0.459. The Balaban J connectivity index is 1.82. The maximum absolute atomic E-state index is 4.36. The molecule has 0 aliphatic carbocycles. The molecular formula is C17H25N5S. The quantitative estimate of drug-likeness (QED) is 0.502. The first-order chi connectivity index (χ1) is 11.1. The van der Waals surface area contributed by atoms with E-state index < -0.39 is 0 Å². The standard InChI is InChI=1S/C17H25N5S/c1-14(23-16-8-6-5-7-9-16)10-19-17(18-2)21(3)12-15-11-20-22(4)13-15/h5-9,11,13-14H,10,12H2,1-4H3,(H,18,19). The molecule has 2 rings (SSSR count). The summed E-state index contributed by atoms with van der Waals surface area (Å²) in [5, 5.41) is 8.11. The van der Waals surface area contributed by atoms with Crippen molar-refractivity contribution in [3.63, 3.8) is 0 Å². The average Bonchev–Trinajstić information content (AvgIpc) is 2.94. The maximum Gasteiger partial charge on any atom is 0.193 e. The van der Waals surface area contributed by atoms with Crippen LogP contribution in [-0.2, 0) is 13.6 Å². The fourth-order valence-corrected chi connectivity index (χ4v) is 3.24. The summed E-state index contributed by atoms with van der Waals surface area (Å²) >= 11 is 1.87. The predicted octanol–water partition coefficient (Wildman–Crippen LogP) is 2.61. The van der Waals surface area contributed by atoms with Gasteiger partial charge in [-0.3, -0.25) is 9.67 Å². The van der Waals surface area contributed by atoms with E-state index in [0.29, 0.717) is 5.25 Å². The molecule has 0 aliphatic heterocycles. The van der Waals surface area contributed by atoms with E-state index in [4.69, 9.17) is 0 Å². The normalized spacial score (nSPS) is 13.0. The van der Waals surface area contributed by atoms with Gasteiger partial charge in [0.2, 0.25) is 0 Å². The van der Waals surface area contributed by atoms with Crippen LogP contribution in [-0.4, -0.2) is 46.5 Å². The topological polar surface area (TPSA) is 45.5 Å². The Morgan fingerprint density at radius 3 is 2.74 bits per heavy atom. The fraction of sp³-hybridized carbons (Fsp3) is 0.412. The van der Waals surface area contributed by atoms with Gasteiger partial charge in [0.05, 0.1) is 6.20 Å². The number of aromatic nitrogens is 2. The van der Waals surface area contributed by atoms with Crippen LogP contribution in [0.25, 0.3) is 0 Å². The van der Waals surface area contributed by atoms with Crippen molar-refractivity contribution >= 4 is 17.7 Å². The Bertz CT molecular complexity index is 623. The zero-order valence-corrected chi connectivity index (χ0v) is 15.0. The number of aliphatic imine (C=N–C) groups is 1. The molecule has 1 aromatic carbocycles. The van der Waals surface area contributed by atoms with E-state index >= 15 is 0 Å². The van der Waals surface area contributed by atoms with E-state index in [-0.39, 0.29) is 0 Å². The Hall–Kier alpha value is -1.95. The number of benzene rings is 1. The monoisotopic (exact) mass is 331 g/mol. The van der Waals surface area contributed by atoms with Crippen LogP contribution in [0.15, 0.2) is 52.6 Å². The van der Waals surface area contributed by atoms with Crippen LogP contribution in [0, 0.1) is 0 Å². The third kappa shape index (κ3) is 5.63. The number of rotatable bonds is 6. The van der Waals surface area contributed by atoms with Crippen LogP contribution < -0.4 is 5.32 Å². The van der Waals surface area contributed by atoms with Crippen LogP contribution in [0.3, 0.4) is 0 Å². The molecule has 0 saturated heterocycles. The number of thioether (sulfide) groups is 1. The summed E-state index contributed by atoms with van der Waals surface area (Å²) in [5.74, 6) is 0.898. The third-order valence-electron chi connectivity index (χ3n) is 3.38. The summed E-state index contributed by atoms with van der Waals surface area (Å²) in [6.07, 6.45) is 3.91. The molecule has 1 heterocycles. The maximum atomic E-state index is 4.36. The van der Waals surface area contributed by atoms with E-state index in [0.717, 1.165) is 19.0 Å². The zero-order chi connectivity index (χ0) is 16.7. The number of nitrogens with zero attached hydrogens (tertiary/aromatic N) is 4. The summed E-state index contributed by atoms with van der Waals surface area (Å²) in [4.78, 5) is 7.77. The molecule has 0 saturated carbocycles. The molecule has 5 nitrogen and oxygen atoms in total. The highest BCUT2D eigenvalue weighted by molar-refractivity contribution is 8.00. The SMILES string of the molecule is CN=C(NCC(C)Sc1ccccc1)N(C)Cc1cnn(C)c1. The van der Waals surface area contributed by atoms with Gasteiger partial charge in [-0.15, -0.1) is 11.8 Å². The first kappa shape index (κ1) is 17.4. The van der Waals surface area contributed by atoms with Gasteiger partial charge in [-0.2, -0.15) is 5.10 Å². The van der Waals surface area contributed by atoms with Crippen molar-refractivity contribution in [2.24, 2.45) is 12.0 Å². The lowest BCUT2D eigenvalue weighted by Crippen LogP contribution is -2.40. The van der Waals surface area contributed by atoms with Gasteiger partial charge in [0.15, 0.2) is 5.96 Å². The molecule has 0 spiro atoms. The number of aryl methyl sites for hydroxylation is 1. The molecule has 0 fully saturated rings. The molecule has 1 aromatic heterocycles. The van der Waals surface area contributed by atoms with E-state index in [9.17, 15) is 0 Å². The fourth-order valence-electron chi connectivity index (χ4n) is 2.30. The molecule has 23 heavy (non-hydrogen) atoms. The molecule has 124 valence electrons. The molecule has 6 heteroatoms. The second-order valence-corrected chi connectivity index (χ2v) is 7.06. The number of nitrogens with one attached hydrogen (secondary N) is 1. The molecule has 1 unspecified atom stereocenters. The first-order valence-electron chi connectivity index (χ1n) is 7.69. The molecular weight excluding hydrogens is 306 g/mol. The van der Waals surface area contributed by atoms with E-state index in [1.165, 1.54) is 10.5 Å². The van der Waals surface area contributed by atoms with Gasteiger partial charge < -0.3 is 10.2 Å². The first-order valence-corrected chi connectivity index (χ1v) is 8.57. The lowest BCUT2D eigenvalue weighted by atomic mass is 10.3. The highest BCUT2D eigenvalue weighted by atomic mass is 32.2. The summed E-state index contributed by atoms with van der Waals surface area (Å²) in [6, 6.07) is 10.5. The van der Waals surface area contributed by atoms with Gasteiger partial charge in [0, 0.05) is 56.1 Å². The van der Waals surface area contributed by atoms with Crippen molar-refractivity contribution in [3.05, 3.63) is 48.3 Å². The van der Waals surface area contributed by atoms with Crippen molar-refractivity contribution in [1.82, 2.24) is 20.0 Å². The van der Waals surface area contributed by atoms with Gasteiger partial charge in [-0.1, -0.05) is 25.1 Å². The van der Waals surface area contributed by atoms with Gasteiger partial charge in [-0.05, 0) is 12.1 Å². The molecule has 0 radical (unpaired) electrons. The summed E-state index contributed by atoms with van der Waals surface area (Å²) < 4.78 is 1.82. The third-order valence-corrected chi connectivity index (χ3v) is 4.49. The summed E-state index contributed by atoms with van der Waals surface area (Å²) in [5.41, 5.74) is 1.17. The van der Waals surface area contributed by atoms with Crippen LogP contribution in [0.4, 0.5) is 0 Å². The van der Waals surface area contributed by atoms with Crippen LogP contribution >= 0.6 is 11.8 Å². The lowest BCUT2D eigenvalue weighted by Gasteiger charge is -2.23.